The van der Waals surface area contributed by atoms with Crippen LogP contribution in [0.1, 0.15) is 38.2 Å². The summed E-state index contributed by atoms with van der Waals surface area (Å²) in [5.41, 5.74) is 0.868. The molecule has 1 aromatic rings. The third-order valence-electron chi connectivity index (χ3n) is 4.48. The SMILES string of the molecule is CCCCCC(O)C=CC1CN(C(=O)OCc2ccccc2)C(=O)N1C. The van der Waals surface area contributed by atoms with Crippen LogP contribution >= 0.6 is 0 Å². The first-order chi connectivity index (χ1) is 12.5. The molecule has 2 atom stereocenters. The largest absolute Gasteiger partial charge is 0.444 e. The second-order valence-corrected chi connectivity index (χ2v) is 6.56. The van der Waals surface area contributed by atoms with E-state index in [1.165, 1.54) is 4.90 Å². The van der Waals surface area contributed by atoms with Gasteiger partial charge in [0, 0.05) is 7.05 Å². The zero-order chi connectivity index (χ0) is 18.9. The maximum Gasteiger partial charge on any atom is 0.418 e. The maximum atomic E-state index is 12.3. The van der Waals surface area contributed by atoms with E-state index in [9.17, 15) is 14.7 Å². The van der Waals surface area contributed by atoms with Gasteiger partial charge in [0.05, 0.1) is 18.7 Å². The Morgan fingerprint density at radius 3 is 2.77 bits per heavy atom. The average Bonchev–Trinajstić information content (AvgIpc) is 2.94. The van der Waals surface area contributed by atoms with Crippen molar-refractivity contribution in [3.05, 3.63) is 48.0 Å². The standard InChI is InChI=1S/C20H28N2O4/c1-3-4-6-11-18(23)13-12-17-14-22(19(24)21(17)2)20(25)26-15-16-9-7-5-8-10-16/h5,7-10,12-13,17-18,23H,3-4,6,11,14-15H2,1-2H3. The van der Waals surface area contributed by atoms with Gasteiger partial charge in [-0.2, -0.15) is 0 Å². The monoisotopic (exact) mass is 360 g/mol. The van der Waals surface area contributed by atoms with Crippen LogP contribution in [-0.2, 0) is 11.3 Å². The van der Waals surface area contributed by atoms with E-state index in [0.29, 0.717) is 6.42 Å². The molecule has 142 valence electrons. The number of carbonyl (C=O) groups excluding carboxylic acids is 2. The van der Waals surface area contributed by atoms with Crippen LogP contribution in [0.4, 0.5) is 9.59 Å². The first kappa shape index (κ1) is 20.0. The number of nitrogens with zero attached hydrogens (tertiary/aromatic N) is 2. The Kier molecular flexibility index (Phi) is 7.66. The highest BCUT2D eigenvalue weighted by atomic mass is 16.6. The van der Waals surface area contributed by atoms with Crippen LogP contribution in [0.5, 0.6) is 0 Å². The highest BCUT2D eigenvalue weighted by Gasteiger charge is 2.38. The fraction of sp³-hybridized carbons (Fsp3) is 0.500. The number of imide groups is 1. The number of likely N-dealkylation sites (N-methyl/N-ethyl adjacent to an activating group) is 1. The Balaban J connectivity index is 1.85. The molecule has 6 heteroatoms. The third kappa shape index (κ3) is 5.59. The number of ether oxygens (including phenoxy) is 1. The second-order valence-electron chi connectivity index (χ2n) is 6.56. The Labute approximate surface area is 155 Å². The van der Waals surface area contributed by atoms with Crippen molar-refractivity contribution in [2.45, 2.75) is 51.4 Å². The van der Waals surface area contributed by atoms with Crippen LogP contribution in [0, 0.1) is 0 Å². The number of urea groups is 1. The van der Waals surface area contributed by atoms with Gasteiger partial charge < -0.3 is 14.7 Å². The van der Waals surface area contributed by atoms with Gasteiger partial charge in [-0.25, -0.2) is 14.5 Å². The lowest BCUT2D eigenvalue weighted by Crippen LogP contribution is -2.35. The molecule has 1 N–H and O–H groups in total. The first-order valence-electron chi connectivity index (χ1n) is 9.14. The van der Waals surface area contributed by atoms with Crippen molar-refractivity contribution in [1.29, 1.82) is 0 Å². The molecule has 0 aliphatic carbocycles. The lowest BCUT2D eigenvalue weighted by molar-refractivity contribution is 0.109. The summed E-state index contributed by atoms with van der Waals surface area (Å²) in [6.45, 7) is 2.47. The van der Waals surface area contributed by atoms with Crippen LogP contribution in [-0.4, -0.2) is 52.8 Å². The van der Waals surface area contributed by atoms with E-state index >= 15 is 0 Å². The number of hydrogen-bond acceptors (Lipinski definition) is 4. The van der Waals surface area contributed by atoms with Crippen molar-refractivity contribution in [2.24, 2.45) is 0 Å². The fourth-order valence-corrected chi connectivity index (χ4v) is 2.82. The van der Waals surface area contributed by atoms with E-state index in [0.717, 1.165) is 29.7 Å². The molecule has 1 aromatic carbocycles. The minimum Gasteiger partial charge on any atom is -0.444 e. The minimum atomic E-state index is -0.648. The molecule has 1 saturated heterocycles. The quantitative estimate of drug-likeness (QED) is 0.568. The molecular formula is C20H28N2O4. The van der Waals surface area contributed by atoms with Gasteiger partial charge in [-0.1, -0.05) is 68.7 Å². The molecule has 0 saturated carbocycles. The molecule has 1 aliphatic heterocycles. The summed E-state index contributed by atoms with van der Waals surface area (Å²) in [5.74, 6) is 0. The summed E-state index contributed by atoms with van der Waals surface area (Å²) in [7, 11) is 1.64. The lowest BCUT2D eigenvalue weighted by Gasteiger charge is -2.15. The van der Waals surface area contributed by atoms with Gasteiger partial charge in [0.1, 0.15) is 6.61 Å². The normalized spacial score (nSPS) is 18.6. The van der Waals surface area contributed by atoms with Gasteiger partial charge in [-0.15, -0.1) is 0 Å². The van der Waals surface area contributed by atoms with Gasteiger partial charge in [-0.05, 0) is 12.0 Å². The summed E-state index contributed by atoms with van der Waals surface area (Å²) in [6, 6.07) is 8.69. The number of unbranched alkanes of at least 4 members (excludes halogenated alkanes) is 2. The summed E-state index contributed by atoms with van der Waals surface area (Å²) in [4.78, 5) is 27.1. The van der Waals surface area contributed by atoms with Crippen LogP contribution in [0.25, 0.3) is 0 Å². The van der Waals surface area contributed by atoms with Crippen molar-refractivity contribution in [2.75, 3.05) is 13.6 Å². The molecule has 0 radical (unpaired) electrons. The highest BCUT2D eigenvalue weighted by Crippen LogP contribution is 2.17. The maximum absolute atomic E-state index is 12.3. The third-order valence-corrected chi connectivity index (χ3v) is 4.48. The van der Waals surface area contributed by atoms with E-state index < -0.39 is 18.2 Å². The van der Waals surface area contributed by atoms with Crippen molar-refractivity contribution in [1.82, 2.24) is 9.80 Å². The number of benzene rings is 1. The number of rotatable bonds is 8. The fourth-order valence-electron chi connectivity index (χ4n) is 2.82. The van der Waals surface area contributed by atoms with Crippen LogP contribution in [0.2, 0.25) is 0 Å². The number of aliphatic hydroxyl groups excluding tert-OH is 1. The molecule has 0 aromatic heterocycles. The van der Waals surface area contributed by atoms with E-state index in [-0.39, 0.29) is 19.2 Å². The predicted molar refractivity (Wildman–Crippen MR) is 99.6 cm³/mol. The molecule has 3 amide bonds. The van der Waals surface area contributed by atoms with E-state index in [1.54, 1.807) is 19.2 Å². The van der Waals surface area contributed by atoms with Crippen molar-refractivity contribution in [3.63, 3.8) is 0 Å². The molecule has 0 bridgehead atoms. The van der Waals surface area contributed by atoms with Crippen molar-refractivity contribution in [3.8, 4) is 0 Å². The van der Waals surface area contributed by atoms with Crippen LogP contribution in [0.15, 0.2) is 42.5 Å². The Morgan fingerprint density at radius 1 is 1.35 bits per heavy atom. The summed E-state index contributed by atoms with van der Waals surface area (Å²) >= 11 is 0. The predicted octanol–water partition coefficient (Wildman–Crippen LogP) is 3.56. The molecule has 2 unspecified atom stereocenters. The van der Waals surface area contributed by atoms with Crippen LogP contribution < -0.4 is 0 Å². The van der Waals surface area contributed by atoms with Gasteiger partial charge in [0.15, 0.2) is 0 Å². The second kappa shape index (κ2) is 9.97. The number of carbonyl (C=O) groups is 2. The minimum absolute atomic E-state index is 0.129. The topological polar surface area (TPSA) is 70.1 Å². The molecule has 26 heavy (non-hydrogen) atoms. The Bertz CT molecular complexity index is 617. The van der Waals surface area contributed by atoms with Crippen LogP contribution in [0.3, 0.4) is 0 Å². The zero-order valence-electron chi connectivity index (χ0n) is 15.5. The zero-order valence-corrected chi connectivity index (χ0v) is 15.5. The average molecular weight is 360 g/mol. The summed E-state index contributed by atoms with van der Waals surface area (Å²) in [5, 5.41) is 9.98. The highest BCUT2D eigenvalue weighted by molar-refractivity contribution is 5.93. The van der Waals surface area contributed by atoms with Crippen molar-refractivity contribution >= 4 is 12.1 Å². The molecule has 1 aliphatic rings. The Hall–Kier alpha value is -2.34. The molecule has 0 spiro atoms. The number of aliphatic hydroxyl groups is 1. The Morgan fingerprint density at radius 2 is 2.08 bits per heavy atom. The lowest BCUT2D eigenvalue weighted by atomic mass is 10.1. The van der Waals surface area contributed by atoms with Gasteiger partial charge in [-0.3, -0.25) is 0 Å². The molecule has 1 fully saturated rings. The molecule has 2 rings (SSSR count). The summed E-state index contributed by atoms with van der Waals surface area (Å²) < 4.78 is 5.24. The smallest absolute Gasteiger partial charge is 0.418 e. The molecule has 1 heterocycles. The number of hydrogen-bond donors (Lipinski definition) is 1. The van der Waals surface area contributed by atoms with Gasteiger partial charge in [0.25, 0.3) is 0 Å². The van der Waals surface area contributed by atoms with E-state index in [4.69, 9.17) is 4.74 Å². The van der Waals surface area contributed by atoms with E-state index in [2.05, 4.69) is 6.92 Å². The summed E-state index contributed by atoms with van der Waals surface area (Å²) in [6.07, 6.45) is 6.21. The van der Waals surface area contributed by atoms with Gasteiger partial charge >= 0.3 is 12.1 Å². The molecular weight excluding hydrogens is 332 g/mol. The number of amides is 3. The van der Waals surface area contributed by atoms with E-state index in [1.807, 2.05) is 30.3 Å². The molecule has 6 nitrogen and oxygen atoms in total. The first-order valence-corrected chi connectivity index (χ1v) is 9.14. The van der Waals surface area contributed by atoms with Gasteiger partial charge in [0.2, 0.25) is 0 Å². The van der Waals surface area contributed by atoms with Crippen molar-refractivity contribution < 1.29 is 19.4 Å².